The maximum atomic E-state index is 13.3. The third-order valence-electron chi connectivity index (χ3n) is 3.82. The highest BCUT2D eigenvalue weighted by molar-refractivity contribution is 5.79. The Morgan fingerprint density at radius 1 is 1.33 bits per heavy atom. The Labute approximate surface area is 143 Å². The van der Waals surface area contributed by atoms with E-state index in [0.717, 1.165) is 36.7 Å². The van der Waals surface area contributed by atoms with Crippen LogP contribution in [0.3, 0.4) is 0 Å². The molecule has 0 aliphatic carbocycles. The molecule has 0 saturated carbocycles. The molecule has 0 amide bonds. The normalized spacial score (nSPS) is 11.6. The predicted molar refractivity (Wildman–Crippen MR) is 95.5 cm³/mol. The fraction of sp³-hybridized carbons (Fsp3) is 0.444. The summed E-state index contributed by atoms with van der Waals surface area (Å²) in [5.74, 6) is 0.585. The Bertz CT molecular complexity index is 692. The van der Waals surface area contributed by atoms with Gasteiger partial charge in [0.1, 0.15) is 5.82 Å². The van der Waals surface area contributed by atoms with Crippen LogP contribution in [-0.4, -0.2) is 41.3 Å². The van der Waals surface area contributed by atoms with Gasteiger partial charge in [0.05, 0.1) is 5.69 Å². The van der Waals surface area contributed by atoms with Crippen molar-refractivity contribution in [1.82, 2.24) is 20.0 Å². The Balaban J connectivity index is 1.80. The van der Waals surface area contributed by atoms with Gasteiger partial charge in [-0.25, -0.2) is 4.39 Å². The van der Waals surface area contributed by atoms with Gasteiger partial charge >= 0.3 is 0 Å². The first-order chi connectivity index (χ1) is 11.5. The van der Waals surface area contributed by atoms with E-state index in [0.29, 0.717) is 6.54 Å². The lowest BCUT2D eigenvalue weighted by Crippen LogP contribution is -2.39. The maximum Gasteiger partial charge on any atom is 0.193 e. The Hall–Kier alpha value is -2.37. The first-order valence-corrected chi connectivity index (χ1v) is 8.17. The summed E-state index contributed by atoms with van der Waals surface area (Å²) in [7, 11) is 3.70. The summed E-state index contributed by atoms with van der Waals surface area (Å²) in [4.78, 5) is 6.27. The van der Waals surface area contributed by atoms with Crippen molar-refractivity contribution in [2.75, 3.05) is 20.6 Å². The average molecular weight is 331 g/mol. The molecule has 0 aliphatic rings. The molecule has 0 aliphatic heterocycles. The summed E-state index contributed by atoms with van der Waals surface area (Å²) in [5, 5.41) is 7.80. The molecule has 6 heteroatoms. The van der Waals surface area contributed by atoms with Crippen LogP contribution in [0, 0.1) is 19.7 Å². The molecule has 2 rings (SSSR count). The van der Waals surface area contributed by atoms with Gasteiger partial charge in [-0.15, -0.1) is 0 Å². The highest BCUT2D eigenvalue weighted by atomic mass is 19.1. The molecule has 0 saturated heterocycles. The van der Waals surface area contributed by atoms with Crippen LogP contribution < -0.4 is 5.32 Å². The zero-order chi connectivity index (χ0) is 17.5. The number of rotatable bonds is 6. The highest BCUT2D eigenvalue weighted by Crippen LogP contribution is 2.06. The maximum absolute atomic E-state index is 13.3. The summed E-state index contributed by atoms with van der Waals surface area (Å²) in [6.45, 7) is 6.36. The summed E-state index contributed by atoms with van der Waals surface area (Å²) in [6.07, 6.45) is 0.953. The summed E-state index contributed by atoms with van der Waals surface area (Å²) in [5.41, 5.74) is 3.15. The second-order valence-corrected chi connectivity index (χ2v) is 5.96. The Morgan fingerprint density at radius 2 is 2.12 bits per heavy atom. The van der Waals surface area contributed by atoms with Gasteiger partial charge in [-0.3, -0.25) is 9.67 Å². The van der Waals surface area contributed by atoms with Crippen molar-refractivity contribution in [3.63, 3.8) is 0 Å². The summed E-state index contributed by atoms with van der Waals surface area (Å²) in [6, 6.07) is 8.72. The fourth-order valence-electron chi connectivity index (χ4n) is 2.70. The van der Waals surface area contributed by atoms with Crippen LogP contribution in [-0.2, 0) is 13.1 Å². The van der Waals surface area contributed by atoms with Crippen molar-refractivity contribution in [2.24, 2.45) is 4.99 Å². The number of aromatic nitrogens is 2. The number of benzene rings is 1. The molecule has 0 bridgehead atoms. The number of nitrogens with zero attached hydrogens (tertiary/aromatic N) is 4. The lowest BCUT2D eigenvalue weighted by molar-refractivity contribution is 0.468. The molecule has 1 aromatic carbocycles. The number of aryl methyl sites for hydroxylation is 3. The number of halogens is 1. The number of nitrogens with one attached hydrogen (secondary N) is 1. The first kappa shape index (κ1) is 18.0. The van der Waals surface area contributed by atoms with Crippen LogP contribution >= 0.6 is 0 Å². The van der Waals surface area contributed by atoms with Crippen LogP contribution in [0.15, 0.2) is 35.3 Å². The van der Waals surface area contributed by atoms with E-state index < -0.39 is 0 Å². The highest BCUT2D eigenvalue weighted by Gasteiger charge is 2.07. The van der Waals surface area contributed by atoms with Crippen LogP contribution in [0.1, 0.15) is 23.4 Å². The van der Waals surface area contributed by atoms with Gasteiger partial charge in [0.2, 0.25) is 0 Å². The van der Waals surface area contributed by atoms with Crippen LogP contribution in [0.25, 0.3) is 0 Å². The molecule has 1 heterocycles. The SMILES string of the molecule is CN=C(NCCCn1nc(C)cc1C)N(C)Cc1cccc(F)c1. The van der Waals surface area contributed by atoms with E-state index in [1.165, 1.54) is 11.8 Å². The fourth-order valence-corrected chi connectivity index (χ4v) is 2.70. The van der Waals surface area contributed by atoms with Gasteiger partial charge in [0.15, 0.2) is 5.96 Å². The molecule has 0 radical (unpaired) electrons. The monoisotopic (exact) mass is 331 g/mol. The van der Waals surface area contributed by atoms with Crippen molar-refractivity contribution >= 4 is 5.96 Å². The number of aliphatic imine (C=N–C) groups is 1. The van der Waals surface area contributed by atoms with E-state index >= 15 is 0 Å². The standard InChI is InChI=1S/C18H26FN5/c1-14-11-15(2)24(22-14)10-6-9-21-18(20-3)23(4)13-16-7-5-8-17(19)12-16/h5,7-8,11-12H,6,9-10,13H2,1-4H3,(H,20,21). The van der Waals surface area contributed by atoms with Gasteiger partial charge in [-0.2, -0.15) is 5.10 Å². The van der Waals surface area contributed by atoms with E-state index in [-0.39, 0.29) is 5.82 Å². The van der Waals surface area contributed by atoms with E-state index in [2.05, 4.69) is 28.4 Å². The lowest BCUT2D eigenvalue weighted by atomic mass is 10.2. The molecule has 24 heavy (non-hydrogen) atoms. The molecule has 130 valence electrons. The number of hydrogen-bond acceptors (Lipinski definition) is 2. The minimum atomic E-state index is -0.214. The molecular weight excluding hydrogens is 305 g/mol. The number of guanidine groups is 1. The zero-order valence-electron chi connectivity index (χ0n) is 14.9. The molecule has 1 N–H and O–H groups in total. The Morgan fingerprint density at radius 3 is 2.75 bits per heavy atom. The smallest absolute Gasteiger partial charge is 0.193 e. The Kier molecular flexibility index (Phi) is 6.35. The van der Waals surface area contributed by atoms with Crippen molar-refractivity contribution < 1.29 is 4.39 Å². The topological polar surface area (TPSA) is 45.5 Å². The third kappa shape index (κ3) is 5.08. The van der Waals surface area contributed by atoms with Crippen LogP contribution in [0.4, 0.5) is 4.39 Å². The van der Waals surface area contributed by atoms with Crippen molar-refractivity contribution in [3.8, 4) is 0 Å². The van der Waals surface area contributed by atoms with Crippen molar-refractivity contribution in [2.45, 2.75) is 33.4 Å². The molecule has 0 spiro atoms. The minimum absolute atomic E-state index is 0.214. The first-order valence-electron chi connectivity index (χ1n) is 8.17. The summed E-state index contributed by atoms with van der Waals surface area (Å²) < 4.78 is 15.3. The quantitative estimate of drug-likeness (QED) is 0.503. The molecule has 0 unspecified atom stereocenters. The molecule has 5 nitrogen and oxygen atoms in total. The number of hydrogen-bond donors (Lipinski definition) is 1. The van der Waals surface area contributed by atoms with Gasteiger partial charge in [0, 0.05) is 39.4 Å². The lowest BCUT2D eigenvalue weighted by Gasteiger charge is -2.22. The minimum Gasteiger partial charge on any atom is -0.356 e. The van der Waals surface area contributed by atoms with Crippen molar-refractivity contribution in [3.05, 3.63) is 53.1 Å². The van der Waals surface area contributed by atoms with E-state index in [1.54, 1.807) is 19.2 Å². The second kappa shape index (κ2) is 8.47. The predicted octanol–water partition coefficient (Wildman–Crippen LogP) is 2.74. The van der Waals surface area contributed by atoms with Crippen LogP contribution in [0.2, 0.25) is 0 Å². The average Bonchev–Trinajstić information content (AvgIpc) is 2.85. The molecule has 0 fully saturated rings. The largest absolute Gasteiger partial charge is 0.356 e. The van der Waals surface area contributed by atoms with Crippen molar-refractivity contribution in [1.29, 1.82) is 0 Å². The van der Waals surface area contributed by atoms with Gasteiger partial charge in [-0.1, -0.05) is 12.1 Å². The molecule has 0 atom stereocenters. The summed E-state index contributed by atoms with van der Waals surface area (Å²) >= 11 is 0. The molecule has 2 aromatic rings. The van der Waals surface area contributed by atoms with Gasteiger partial charge in [0.25, 0.3) is 0 Å². The van der Waals surface area contributed by atoms with Gasteiger partial charge in [-0.05, 0) is 44.0 Å². The van der Waals surface area contributed by atoms with Gasteiger partial charge < -0.3 is 10.2 Å². The van der Waals surface area contributed by atoms with E-state index in [9.17, 15) is 4.39 Å². The molecule has 1 aromatic heterocycles. The third-order valence-corrected chi connectivity index (χ3v) is 3.82. The molecular formula is C18H26FN5. The van der Waals surface area contributed by atoms with E-state index in [1.807, 2.05) is 29.6 Å². The van der Waals surface area contributed by atoms with E-state index in [4.69, 9.17) is 0 Å². The zero-order valence-corrected chi connectivity index (χ0v) is 14.9. The second-order valence-electron chi connectivity index (χ2n) is 5.96. The van der Waals surface area contributed by atoms with Crippen LogP contribution in [0.5, 0.6) is 0 Å².